The minimum absolute atomic E-state index is 0.0829. The lowest BCUT2D eigenvalue weighted by Gasteiger charge is -2.07. The van der Waals surface area contributed by atoms with Gasteiger partial charge in [-0.2, -0.15) is 5.26 Å². The number of ether oxygens (including phenoxy) is 4. The Balaban J connectivity index is 1.76. The molecular weight excluding hydrogens is 518 g/mol. The molecule has 0 spiro atoms. The molecule has 1 heterocycles. The molecule has 0 saturated heterocycles. The molecule has 0 atom stereocenters. The number of Topliss-reactive ketones (excluding diaryl/α,β-unsaturated/α-hetero) is 1. The number of hydrogen-bond acceptors (Lipinski definition) is 9. The zero-order valence-corrected chi connectivity index (χ0v) is 23.1. The number of ketones is 1. The molecule has 1 aromatic heterocycles. The highest BCUT2D eigenvalue weighted by Crippen LogP contribution is 2.31. The van der Waals surface area contributed by atoms with Crippen molar-refractivity contribution in [3.8, 4) is 17.6 Å². The number of methoxy groups -OCH3 is 1. The van der Waals surface area contributed by atoms with Crippen LogP contribution in [0.1, 0.15) is 55.4 Å². The molecule has 0 bridgehead atoms. The molecule has 0 saturated carbocycles. The van der Waals surface area contributed by atoms with Gasteiger partial charge in [-0.25, -0.2) is 9.59 Å². The number of esters is 2. The molecule has 9 heteroatoms. The Labute approximate surface area is 231 Å². The third-order valence-corrected chi connectivity index (χ3v) is 6.93. The lowest BCUT2D eigenvalue weighted by atomic mass is 10.0. The van der Waals surface area contributed by atoms with E-state index in [-0.39, 0.29) is 35.6 Å². The van der Waals surface area contributed by atoms with E-state index in [4.69, 9.17) is 18.9 Å². The molecule has 0 amide bonds. The molecule has 0 aliphatic rings. The van der Waals surface area contributed by atoms with Gasteiger partial charge in [-0.3, -0.25) is 4.79 Å². The van der Waals surface area contributed by atoms with Gasteiger partial charge >= 0.3 is 11.9 Å². The van der Waals surface area contributed by atoms with Crippen molar-refractivity contribution in [2.75, 3.05) is 20.3 Å². The Hall–Kier alpha value is -4.42. The van der Waals surface area contributed by atoms with E-state index in [2.05, 4.69) is 0 Å². The maximum Gasteiger partial charge on any atom is 0.348 e. The smallest absolute Gasteiger partial charge is 0.348 e. The fraction of sp³-hybridized carbons (Fsp3) is 0.267. The van der Waals surface area contributed by atoms with Crippen LogP contribution in [-0.2, 0) is 27.3 Å². The van der Waals surface area contributed by atoms with Crippen LogP contribution in [0.2, 0.25) is 0 Å². The first-order valence-electron chi connectivity index (χ1n) is 12.3. The van der Waals surface area contributed by atoms with Crippen LogP contribution in [0.15, 0.2) is 54.1 Å². The summed E-state index contributed by atoms with van der Waals surface area (Å²) in [6.07, 6.45) is 1.24. The largest absolute Gasteiger partial charge is 0.497 e. The van der Waals surface area contributed by atoms with Crippen LogP contribution in [-0.4, -0.2) is 38.0 Å². The normalized spacial score (nSPS) is 10.9. The van der Waals surface area contributed by atoms with Gasteiger partial charge in [0.15, 0.2) is 5.78 Å². The average molecular weight is 548 g/mol. The Morgan fingerprint density at radius 1 is 0.923 bits per heavy atom. The van der Waals surface area contributed by atoms with Crippen molar-refractivity contribution in [1.29, 1.82) is 5.26 Å². The van der Waals surface area contributed by atoms with Crippen LogP contribution in [0.4, 0.5) is 0 Å². The molecule has 0 aliphatic carbocycles. The Kier molecular flexibility index (Phi) is 10.4. The fourth-order valence-electron chi connectivity index (χ4n) is 3.69. The molecule has 202 valence electrons. The van der Waals surface area contributed by atoms with E-state index in [9.17, 15) is 19.6 Å². The Bertz CT molecular complexity index is 1400. The standard InChI is InChI=1S/C30H29NO7S/c1-5-36-29(33)27-19(3)28(30(34)37-6-2)39-26(27)16-25(32)22(17-31)15-20-7-13-24(14-8-20)38-18-21-9-11-23(35-4)12-10-21/h7-15H,5-6,16,18H2,1-4H3. The predicted molar refractivity (Wildman–Crippen MR) is 147 cm³/mol. The van der Waals surface area contributed by atoms with Crippen molar-refractivity contribution in [2.24, 2.45) is 0 Å². The lowest BCUT2D eigenvalue weighted by Crippen LogP contribution is -2.12. The molecule has 39 heavy (non-hydrogen) atoms. The monoisotopic (exact) mass is 547 g/mol. The predicted octanol–water partition coefficient (Wildman–Crippen LogP) is 5.72. The molecule has 2 aromatic carbocycles. The molecule has 8 nitrogen and oxygen atoms in total. The molecule has 0 radical (unpaired) electrons. The van der Waals surface area contributed by atoms with E-state index in [0.29, 0.717) is 28.4 Å². The second-order valence-corrected chi connectivity index (χ2v) is 9.38. The number of carbonyl (C=O) groups is 3. The van der Waals surface area contributed by atoms with Crippen LogP contribution in [0.25, 0.3) is 6.08 Å². The van der Waals surface area contributed by atoms with E-state index in [1.807, 2.05) is 30.3 Å². The van der Waals surface area contributed by atoms with E-state index >= 15 is 0 Å². The topological polar surface area (TPSA) is 112 Å². The van der Waals surface area contributed by atoms with E-state index < -0.39 is 17.7 Å². The highest BCUT2D eigenvalue weighted by atomic mass is 32.1. The van der Waals surface area contributed by atoms with Gasteiger partial charge in [0.05, 0.1) is 31.5 Å². The SMILES string of the molecule is CCOC(=O)c1sc(CC(=O)C(C#N)=Cc2ccc(OCc3ccc(OC)cc3)cc2)c(C(=O)OCC)c1C. The van der Waals surface area contributed by atoms with E-state index in [0.717, 1.165) is 22.6 Å². The second-order valence-electron chi connectivity index (χ2n) is 8.27. The number of allylic oxidation sites excluding steroid dienone is 1. The van der Waals surface area contributed by atoms with Gasteiger partial charge in [-0.15, -0.1) is 11.3 Å². The lowest BCUT2D eigenvalue weighted by molar-refractivity contribution is -0.114. The van der Waals surface area contributed by atoms with Crippen molar-refractivity contribution in [1.82, 2.24) is 0 Å². The van der Waals surface area contributed by atoms with Crippen LogP contribution in [0, 0.1) is 18.3 Å². The summed E-state index contributed by atoms with van der Waals surface area (Å²) in [6.45, 7) is 5.65. The summed E-state index contributed by atoms with van der Waals surface area (Å²) in [5, 5.41) is 9.68. The minimum Gasteiger partial charge on any atom is -0.497 e. The Morgan fingerprint density at radius 3 is 2.13 bits per heavy atom. The Morgan fingerprint density at radius 2 is 1.54 bits per heavy atom. The molecule has 3 rings (SSSR count). The first kappa shape index (κ1) is 29.1. The van der Waals surface area contributed by atoms with Gasteiger partial charge in [0.2, 0.25) is 0 Å². The molecule has 0 unspecified atom stereocenters. The number of nitrogens with zero attached hydrogens (tertiary/aromatic N) is 1. The number of thiophene rings is 1. The van der Waals surface area contributed by atoms with Gasteiger partial charge in [-0.05, 0) is 67.8 Å². The van der Waals surface area contributed by atoms with Crippen molar-refractivity contribution >= 4 is 35.1 Å². The maximum atomic E-state index is 13.1. The summed E-state index contributed by atoms with van der Waals surface area (Å²) < 4.78 is 21.2. The summed E-state index contributed by atoms with van der Waals surface area (Å²) in [7, 11) is 1.61. The number of nitriles is 1. The maximum absolute atomic E-state index is 13.1. The quantitative estimate of drug-likeness (QED) is 0.161. The van der Waals surface area contributed by atoms with Gasteiger partial charge < -0.3 is 18.9 Å². The third-order valence-electron chi connectivity index (χ3n) is 5.66. The van der Waals surface area contributed by atoms with Gasteiger partial charge in [-0.1, -0.05) is 24.3 Å². The summed E-state index contributed by atoms with van der Waals surface area (Å²) in [5.74, 6) is -0.289. The summed E-state index contributed by atoms with van der Waals surface area (Å²) in [5.41, 5.74) is 2.09. The molecule has 0 aliphatic heterocycles. The third kappa shape index (κ3) is 7.55. The van der Waals surface area contributed by atoms with Crippen molar-refractivity contribution in [3.05, 3.63) is 86.1 Å². The van der Waals surface area contributed by atoms with Crippen molar-refractivity contribution in [3.63, 3.8) is 0 Å². The molecule has 3 aromatic rings. The van der Waals surface area contributed by atoms with Crippen molar-refractivity contribution in [2.45, 2.75) is 33.8 Å². The first-order chi connectivity index (χ1) is 18.8. The average Bonchev–Trinajstić information content (AvgIpc) is 3.27. The van der Waals surface area contributed by atoms with Gasteiger partial charge in [0.1, 0.15) is 29.1 Å². The van der Waals surface area contributed by atoms with Crippen LogP contribution in [0.3, 0.4) is 0 Å². The van der Waals surface area contributed by atoms with Crippen molar-refractivity contribution < 1.29 is 33.3 Å². The first-order valence-corrected chi connectivity index (χ1v) is 13.1. The fourth-order valence-corrected chi connectivity index (χ4v) is 4.88. The number of hydrogen-bond donors (Lipinski definition) is 0. The highest BCUT2D eigenvalue weighted by Gasteiger charge is 2.28. The van der Waals surface area contributed by atoms with E-state index in [1.165, 1.54) is 6.08 Å². The van der Waals surface area contributed by atoms with Gasteiger partial charge in [0, 0.05) is 11.3 Å². The summed E-state index contributed by atoms with van der Waals surface area (Å²) >= 11 is 1.00. The number of rotatable bonds is 12. The zero-order valence-electron chi connectivity index (χ0n) is 22.2. The van der Waals surface area contributed by atoms with Crippen LogP contribution >= 0.6 is 11.3 Å². The number of carbonyl (C=O) groups excluding carboxylic acids is 3. The highest BCUT2D eigenvalue weighted by molar-refractivity contribution is 7.14. The molecular formula is C30H29NO7S. The minimum atomic E-state index is -0.627. The zero-order chi connectivity index (χ0) is 28.4. The summed E-state index contributed by atoms with van der Waals surface area (Å²) in [6, 6.07) is 16.5. The second kappa shape index (κ2) is 13.9. The number of benzene rings is 2. The van der Waals surface area contributed by atoms with Crippen LogP contribution in [0.5, 0.6) is 11.5 Å². The molecule has 0 N–H and O–H groups in total. The van der Waals surface area contributed by atoms with Crippen LogP contribution < -0.4 is 9.47 Å². The van der Waals surface area contributed by atoms with E-state index in [1.54, 1.807) is 52.1 Å². The summed E-state index contributed by atoms with van der Waals surface area (Å²) in [4.78, 5) is 38.7. The van der Waals surface area contributed by atoms with Gasteiger partial charge in [0.25, 0.3) is 0 Å². The molecule has 0 fully saturated rings.